The molecule has 128 valence electrons. The highest BCUT2D eigenvalue weighted by atomic mass is 35.5. The summed E-state index contributed by atoms with van der Waals surface area (Å²) in [5, 5.41) is 14.6. The summed E-state index contributed by atoms with van der Waals surface area (Å²) in [6, 6.07) is 12.4. The van der Waals surface area contributed by atoms with Crippen molar-refractivity contribution in [3.8, 4) is 11.4 Å². The molecule has 0 aliphatic heterocycles. The molecule has 1 aromatic heterocycles. The van der Waals surface area contributed by atoms with E-state index in [4.69, 9.17) is 16.3 Å². The van der Waals surface area contributed by atoms with Crippen LogP contribution >= 0.6 is 11.6 Å². The Kier molecular flexibility index (Phi) is 4.95. The minimum atomic E-state index is -0.669. The summed E-state index contributed by atoms with van der Waals surface area (Å²) >= 11 is 5.84. The van der Waals surface area contributed by atoms with Gasteiger partial charge in [-0.2, -0.15) is 0 Å². The molecule has 25 heavy (non-hydrogen) atoms. The molecule has 0 spiro atoms. The van der Waals surface area contributed by atoms with Crippen LogP contribution in [0.15, 0.2) is 48.8 Å². The van der Waals surface area contributed by atoms with Crippen molar-refractivity contribution in [1.29, 1.82) is 0 Å². The Hall–Kier alpha value is -2.93. The zero-order valence-electron chi connectivity index (χ0n) is 13.7. The van der Waals surface area contributed by atoms with E-state index in [1.54, 1.807) is 35.9 Å². The van der Waals surface area contributed by atoms with Crippen molar-refractivity contribution in [3.63, 3.8) is 0 Å². The first-order valence-electron chi connectivity index (χ1n) is 7.60. The molecule has 3 aromatic rings. The van der Waals surface area contributed by atoms with Crippen LogP contribution in [0.2, 0.25) is 5.02 Å². The van der Waals surface area contributed by atoms with Crippen molar-refractivity contribution in [2.24, 2.45) is 0 Å². The number of aromatic nitrogens is 4. The third-order valence-electron chi connectivity index (χ3n) is 3.65. The average Bonchev–Trinajstić information content (AvgIpc) is 3.13. The minimum Gasteiger partial charge on any atom is -0.481 e. The number of carbonyl (C=O) groups is 1. The second-order valence-electron chi connectivity index (χ2n) is 5.41. The summed E-state index contributed by atoms with van der Waals surface area (Å²) in [6.45, 7) is 3.57. The zero-order chi connectivity index (χ0) is 17.8. The SMILES string of the molecule is Cc1c(NC(=O)[C@H](C)Oc2ccc(Cl)cc2)cccc1-n1cnnn1. The summed E-state index contributed by atoms with van der Waals surface area (Å²) in [4.78, 5) is 12.4. The molecule has 1 N–H and O–H groups in total. The van der Waals surface area contributed by atoms with Crippen molar-refractivity contribution in [2.45, 2.75) is 20.0 Å². The first-order valence-corrected chi connectivity index (χ1v) is 7.98. The third-order valence-corrected chi connectivity index (χ3v) is 3.91. The van der Waals surface area contributed by atoms with Crippen LogP contribution in [-0.4, -0.2) is 32.2 Å². The van der Waals surface area contributed by atoms with Crippen LogP contribution in [0.25, 0.3) is 5.69 Å². The molecule has 3 rings (SSSR count). The molecule has 0 aliphatic rings. The number of hydrogen-bond acceptors (Lipinski definition) is 5. The van der Waals surface area contributed by atoms with Crippen molar-refractivity contribution in [3.05, 3.63) is 59.4 Å². The summed E-state index contributed by atoms with van der Waals surface area (Å²) in [5.41, 5.74) is 2.31. The van der Waals surface area contributed by atoms with Crippen LogP contribution in [0.3, 0.4) is 0 Å². The molecular formula is C17H16ClN5O2. The molecule has 7 nitrogen and oxygen atoms in total. The van der Waals surface area contributed by atoms with Gasteiger partial charge in [0.25, 0.3) is 5.91 Å². The second kappa shape index (κ2) is 7.31. The van der Waals surface area contributed by atoms with E-state index >= 15 is 0 Å². The lowest BCUT2D eigenvalue weighted by Crippen LogP contribution is -2.30. The molecule has 0 fully saturated rings. The number of benzene rings is 2. The Labute approximate surface area is 149 Å². The Morgan fingerprint density at radius 2 is 2.00 bits per heavy atom. The number of ether oxygens (including phenoxy) is 1. The van der Waals surface area contributed by atoms with E-state index in [9.17, 15) is 4.79 Å². The Balaban J connectivity index is 1.72. The molecule has 0 bridgehead atoms. The van der Waals surface area contributed by atoms with Crippen molar-refractivity contribution >= 4 is 23.2 Å². The molecule has 1 amide bonds. The number of carbonyl (C=O) groups excluding carboxylic acids is 1. The summed E-state index contributed by atoms with van der Waals surface area (Å²) in [6.07, 6.45) is 0.831. The van der Waals surface area contributed by atoms with Gasteiger partial charge >= 0.3 is 0 Å². The molecule has 0 unspecified atom stereocenters. The van der Waals surface area contributed by atoms with Crippen LogP contribution in [0.1, 0.15) is 12.5 Å². The fourth-order valence-electron chi connectivity index (χ4n) is 2.28. The van der Waals surface area contributed by atoms with Gasteiger partial charge in [0.05, 0.1) is 5.69 Å². The number of halogens is 1. The molecule has 0 radical (unpaired) electrons. The number of nitrogens with one attached hydrogen (secondary N) is 1. The molecule has 8 heteroatoms. The first-order chi connectivity index (χ1) is 12.0. The Morgan fingerprint density at radius 1 is 1.24 bits per heavy atom. The fraction of sp³-hybridized carbons (Fsp3) is 0.176. The monoisotopic (exact) mass is 357 g/mol. The van der Waals surface area contributed by atoms with Crippen molar-refractivity contribution < 1.29 is 9.53 Å². The highest BCUT2D eigenvalue weighted by Crippen LogP contribution is 2.22. The molecule has 0 saturated carbocycles. The van der Waals surface area contributed by atoms with Gasteiger partial charge < -0.3 is 10.1 Å². The van der Waals surface area contributed by atoms with Gasteiger partial charge in [-0.1, -0.05) is 17.7 Å². The fourth-order valence-corrected chi connectivity index (χ4v) is 2.41. The maximum Gasteiger partial charge on any atom is 0.265 e. The number of nitrogens with zero attached hydrogens (tertiary/aromatic N) is 4. The normalized spacial score (nSPS) is 11.8. The van der Waals surface area contributed by atoms with E-state index in [1.165, 1.54) is 6.33 Å². The largest absolute Gasteiger partial charge is 0.481 e. The van der Waals surface area contributed by atoms with Gasteiger partial charge in [0.15, 0.2) is 6.10 Å². The lowest BCUT2D eigenvalue weighted by atomic mass is 10.1. The van der Waals surface area contributed by atoms with E-state index in [2.05, 4.69) is 20.8 Å². The van der Waals surface area contributed by atoms with Crippen molar-refractivity contribution in [1.82, 2.24) is 20.2 Å². The number of rotatable bonds is 5. The molecule has 2 aromatic carbocycles. The Morgan fingerprint density at radius 3 is 2.68 bits per heavy atom. The predicted molar refractivity (Wildman–Crippen MR) is 94.1 cm³/mol. The zero-order valence-corrected chi connectivity index (χ0v) is 14.4. The van der Waals surface area contributed by atoms with E-state index in [0.717, 1.165) is 11.3 Å². The number of hydrogen-bond donors (Lipinski definition) is 1. The predicted octanol–water partition coefficient (Wildman–Crippen LogP) is 3.03. The first kappa shape index (κ1) is 16.9. The third kappa shape index (κ3) is 3.95. The van der Waals surface area contributed by atoms with Gasteiger partial charge in [-0.05, 0) is 66.2 Å². The number of amides is 1. The van der Waals surface area contributed by atoms with Crippen LogP contribution in [-0.2, 0) is 4.79 Å². The maximum atomic E-state index is 12.4. The lowest BCUT2D eigenvalue weighted by molar-refractivity contribution is -0.122. The molecule has 0 aliphatic carbocycles. The van der Waals surface area contributed by atoms with Crippen LogP contribution in [0.4, 0.5) is 5.69 Å². The lowest BCUT2D eigenvalue weighted by Gasteiger charge is -2.17. The highest BCUT2D eigenvalue weighted by Gasteiger charge is 2.17. The van der Waals surface area contributed by atoms with Gasteiger partial charge in [0.2, 0.25) is 0 Å². The molecule has 0 saturated heterocycles. The van der Waals surface area contributed by atoms with Crippen LogP contribution < -0.4 is 10.1 Å². The standard InChI is InChI=1S/C17H16ClN5O2/c1-11-15(4-3-5-16(11)23-10-19-21-22-23)20-17(24)12(2)25-14-8-6-13(18)7-9-14/h3-10,12H,1-2H3,(H,20,24)/t12-/m0/s1. The topological polar surface area (TPSA) is 81.9 Å². The Bertz CT molecular complexity index is 865. The molecule has 1 atom stereocenters. The minimum absolute atomic E-state index is 0.257. The van der Waals surface area contributed by atoms with E-state index in [0.29, 0.717) is 16.5 Å². The van der Waals surface area contributed by atoms with Crippen LogP contribution in [0, 0.1) is 6.92 Å². The van der Waals surface area contributed by atoms with Crippen molar-refractivity contribution in [2.75, 3.05) is 5.32 Å². The number of anilines is 1. The summed E-state index contributed by atoms with van der Waals surface area (Å²) in [5.74, 6) is 0.318. The molecule has 1 heterocycles. The van der Waals surface area contributed by atoms with Gasteiger partial charge in [0.1, 0.15) is 12.1 Å². The highest BCUT2D eigenvalue weighted by molar-refractivity contribution is 6.30. The van der Waals surface area contributed by atoms with E-state index in [-0.39, 0.29) is 5.91 Å². The van der Waals surface area contributed by atoms with E-state index < -0.39 is 6.10 Å². The second-order valence-corrected chi connectivity index (χ2v) is 5.84. The van der Waals surface area contributed by atoms with Gasteiger partial charge in [-0.3, -0.25) is 4.79 Å². The number of tetrazole rings is 1. The maximum absolute atomic E-state index is 12.4. The molecular weight excluding hydrogens is 342 g/mol. The summed E-state index contributed by atoms with van der Waals surface area (Å²) in [7, 11) is 0. The van der Waals surface area contributed by atoms with Gasteiger partial charge in [0, 0.05) is 10.7 Å². The van der Waals surface area contributed by atoms with E-state index in [1.807, 2.05) is 25.1 Å². The van der Waals surface area contributed by atoms with Gasteiger partial charge in [-0.25, -0.2) is 4.68 Å². The van der Waals surface area contributed by atoms with Gasteiger partial charge in [-0.15, -0.1) is 5.10 Å². The average molecular weight is 358 g/mol. The van der Waals surface area contributed by atoms with Crippen LogP contribution in [0.5, 0.6) is 5.75 Å². The smallest absolute Gasteiger partial charge is 0.265 e. The summed E-state index contributed by atoms with van der Waals surface area (Å²) < 4.78 is 7.18. The quantitative estimate of drug-likeness (QED) is 0.759.